The maximum Gasteiger partial charge on any atom is 0.347 e. The SMILES string of the molecule is COc1cc2[nH]c(=O)nc(N)c2c(I)c1OC. The summed E-state index contributed by atoms with van der Waals surface area (Å²) in [7, 11) is 3.07. The number of nitrogens with two attached hydrogens (primary N) is 1. The van der Waals surface area contributed by atoms with Crippen molar-refractivity contribution in [1.29, 1.82) is 0 Å². The third-order valence-corrected chi connectivity index (χ3v) is 3.36. The molecule has 2 rings (SSSR count). The van der Waals surface area contributed by atoms with Crippen molar-refractivity contribution in [2.45, 2.75) is 0 Å². The Bertz CT molecular complexity index is 639. The molecule has 0 aliphatic rings. The fourth-order valence-electron chi connectivity index (χ4n) is 1.61. The zero-order valence-electron chi connectivity index (χ0n) is 9.20. The van der Waals surface area contributed by atoms with Crippen LogP contribution in [0.5, 0.6) is 11.5 Å². The highest BCUT2D eigenvalue weighted by Crippen LogP contribution is 2.38. The highest BCUT2D eigenvalue weighted by Gasteiger charge is 2.16. The molecular formula is C10H10IN3O3. The smallest absolute Gasteiger partial charge is 0.347 e. The molecule has 90 valence electrons. The zero-order valence-corrected chi connectivity index (χ0v) is 11.4. The summed E-state index contributed by atoms with van der Waals surface area (Å²) < 4.78 is 11.2. The number of aromatic amines is 1. The summed E-state index contributed by atoms with van der Waals surface area (Å²) in [5, 5.41) is 0.655. The number of rotatable bonds is 2. The standard InChI is InChI=1S/C10H10IN3O3/c1-16-5-3-4-6(7(11)8(5)17-2)9(12)14-10(15)13-4/h3H,1-2H3,(H3,12,13,14,15). The van der Waals surface area contributed by atoms with E-state index >= 15 is 0 Å². The molecule has 1 aromatic carbocycles. The number of benzene rings is 1. The Labute approximate surface area is 110 Å². The number of anilines is 1. The molecule has 0 aliphatic heterocycles. The highest BCUT2D eigenvalue weighted by molar-refractivity contribution is 14.1. The van der Waals surface area contributed by atoms with Crippen molar-refractivity contribution in [1.82, 2.24) is 9.97 Å². The molecule has 0 saturated heterocycles. The Morgan fingerprint density at radius 3 is 2.71 bits per heavy atom. The van der Waals surface area contributed by atoms with E-state index in [-0.39, 0.29) is 5.82 Å². The number of nitrogen functional groups attached to an aromatic ring is 1. The van der Waals surface area contributed by atoms with Crippen LogP contribution in [0, 0.1) is 3.57 Å². The molecular weight excluding hydrogens is 337 g/mol. The van der Waals surface area contributed by atoms with Gasteiger partial charge in [0.05, 0.1) is 28.7 Å². The Kier molecular flexibility index (Phi) is 3.09. The first-order valence-electron chi connectivity index (χ1n) is 4.68. The van der Waals surface area contributed by atoms with Crippen LogP contribution in [0.3, 0.4) is 0 Å². The molecule has 7 heteroatoms. The molecule has 0 amide bonds. The maximum atomic E-state index is 11.2. The number of fused-ring (bicyclic) bond motifs is 1. The Balaban J connectivity index is 2.95. The predicted octanol–water partition coefficient (Wildman–Crippen LogP) is 1.13. The van der Waals surface area contributed by atoms with Crippen molar-refractivity contribution < 1.29 is 9.47 Å². The van der Waals surface area contributed by atoms with Gasteiger partial charge in [-0.3, -0.25) is 0 Å². The summed E-state index contributed by atoms with van der Waals surface area (Å²) >= 11 is 2.08. The first-order valence-corrected chi connectivity index (χ1v) is 5.76. The maximum absolute atomic E-state index is 11.2. The van der Waals surface area contributed by atoms with Gasteiger partial charge in [0.1, 0.15) is 5.82 Å². The van der Waals surface area contributed by atoms with E-state index in [4.69, 9.17) is 15.2 Å². The van der Waals surface area contributed by atoms with E-state index in [9.17, 15) is 4.79 Å². The van der Waals surface area contributed by atoms with Crippen LogP contribution in [0.4, 0.5) is 5.82 Å². The van der Waals surface area contributed by atoms with E-state index in [1.165, 1.54) is 7.11 Å². The molecule has 1 heterocycles. The van der Waals surface area contributed by atoms with Gasteiger partial charge in [-0.25, -0.2) is 4.79 Å². The van der Waals surface area contributed by atoms with Crippen molar-refractivity contribution in [3.05, 3.63) is 20.1 Å². The van der Waals surface area contributed by atoms with Crippen LogP contribution in [-0.2, 0) is 0 Å². The Morgan fingerprint density at radius 1 is 1.41 bits per heavy atom. The quantitative estimate of drug-likeness (QED) is 0.795. The molecule has 0 bridgehead atoms. The molecule has 17 heavy (non-hydrogen) atoms. The molecule has 0 saturated carbocycles. The van der Waals surface area contributed by atoms with E-state index < -0.39 is 5.69 Å². The molecule has 0 atom stereocenters. The van der Waals surface area contributed by atoms with Gasteiger partial charge in [-0.15, -0.1) is 0 Å². The highest BCUT2D eigenvalue weighted by atomic mass is 127. The lowest BCUT2D eigenvalue weighted by Gasteiger charge is -2.12. The Morgan fingerprint density at radius 2 is 2.12 bits per heavy atom. The molecule has 0 spiro atoms. The molecule has 2 aromatic rings. The largest absolute Gasteiger partial charge is 0.493 e. The van der Waals surface area contributed by atoms with Gasteiger partial charge < -0.3 is 20.2 Å². The van der Waals surface area contributed by atoms with Gasteiger partial charge in [0.2, 0.25) is 0 Å². The second-order valence-corrected chi connectivity index (χ2v) is 4.35. The van der Waals surface area contributed by atoms with Gasteiger partial charge in [0.15, 0.2) is 11.5 Å². The lowest BCUT2D eigenvalue weighted by molar-refractivity contribution is 0.354. The van der Waals surface area contributed by atoms with Gasteiger partial charge in [0.25, 0.3) is 0 Å². The van der Waals surface area contributed by atoms with Crippen LogP contribution in [0.15, 0.2) is 10.9 Å². The summed E-state index contributed by atoms with van der Waals surface area (Å²) in [6, 6.07) is 1.66. The topological polar surface area (TPSA) is 90.2 Å². The van der Waals surface area contributed by atoms with E-state index in [0.717, 1.165) is 3.57 Å². The monoisotopic (exact) mass is 347 g/mol. The fourth-order valence-corrected chi connectivity index (χ4v) is 2.66. The molecule has 0 unspecified atom stereocenters. The predicted molar refractivity (Wildman–Crippen MR) is 72.6 cm³/mol. The van der Waals surface area contributed by atoms with E-state index in [1.807, 2.05) is 0 Å². The number of hydrogen-bond acceptors (Lipinski definition) is 5. The Hall–Kier alpha value is -1.51. The number of nitrogens with one attached hydrogen (secondary N) is 1. The minimum atomic E-state index is -0.488. The van der Waals surface area contributed by atoms with Gasteiger partial charge in [-0.2, -0.15) is 4.98 Å². The number of ether oxygens (including phenoxy) is 2. The molecule has 0 aliphatic carbocycles. The third-order valence-electron chi connectivity index (χ3n) is 2.33. The summed E-state index contributed by atoms with van der Waals surface area (Å²) in [6.45, 7) is 0. The van der Waals surface area contributed by atoms with Crippen molar-refractivity contribution in [3.63, 3.8) is 0 Å². The van der Waals surface area contributed by atoms with Crippen LogP contribution < -0.4 is 20.9 Å². The van der Waals surface area contributed by atoms with E-state index in [0.29, 0.717) is 22.4 Å². The minimum Gasteiger partial charge on any atom is -0.493 e. The summed E-state index contributed by atoms with van der Waals surface area (Å²) in [5.74, 6) is 1.28. The van der Waals surface area contributed by atoms with Crippen LogP contribution >= 0.6 is 22.6 Å². The third kappa shape index (κ3) is 1.90. The van der Waals surface area contributed by atoms with Crippen molar-refractivity contribution in [2.75, 3.05) is 20.0 Å². The summed E-state index contributed by atoms with van der Waals surface area (Å²) in [4.78, 5) is 17.5. The molecule has 3 N–H and O–H groups in total. The number of H-pyrrole nitrogens is 1. The number of methoxy groups -OCH3 is 2. The molecule has 0 fully saturated rings. The van der Waals surface area contributed by atoms with E-state index in [1.54, 1.807) is 13.2 Å². The molecule has 1 aromatic heterocycles. The lowest BCUT2D eigenvalue weighted by atomic mass is 10.2. The van der Waals surface area contributed by atoms with Gasteiger partial charge >= 0.3 is 5.69 Å². The first kappa shape index (κ1) is 12.0. The van der Waals surface area contributed by atoms with Gasteiger partial charge in [-0.1, -0.05) is 0 Å². The average Bonchev–Trinajstić information content (AvgIpc) is 2.27. The number of nitrogens with zero attached hydrogens (tertiary/aromatic N) is 1. The van der Waals surface area contributed by atoms with E-state index in [2.05, 4.69) is 32.6 Å². The molecule has 6 nitrogen and oxygen atoms in total. The van der Waals surface area contributed by atoms with Gasteiger partial charge in [0, 0.05) is 6.07 Å². The molecule has 0 radical (unpaired) electrons. The van der Waals surface area contributed by atoms with Crippen LogP contribution in [0.2, 0.25) is 0 Å². The average molecular weight is 347 g/mol. The van der Waals surface area contributed by atoms with Crippen molar-refractivity contribution in [2.24, 2.45) is 0 Å². The van der Waals surface area contributed by atoms with Crippen LogP contribution in [-0.4, -0.2) is 24.2 Å². The fraction of sp³-hybridized carbons (Fsp3) is 0.200. The zero-order chi connectivity index (χ0) is 12.6. The van der Waals surface area contributed by atoms with Gasteiger partial charge in [-0.05, 0) is 22.6 Å². The number of hydrogen-bond donors (Lipinski definition) is 2. The normalized spacial score (nSPS) is 10.5. The lowest BCUT2D eigenvalue weighted by Crippen LogP contribution is -2.13. The number of halogens is 1. The van der Waals surface area contributed by atoms with Crippen LogP contribution in [0.1, 0.15) is 0 Å². The summed E-state index contributed by atoms with van der Waals surface area (Å²) in [6.07, 6.45) is 0. The summed E-state index contributed by atoms with van der Waals surface area (Å²) in [5.41, 5.74) is 5.83. The van der Waals surface area contributed by atoms with Crippen molar-refractivity contribution >= 4 is 39.3 Å². The number of aromatic nitrogens is 2. The first-order chi connectivity index (χ1) is 8.08. The second-order valence-electron chi connectivity index (χ2n) is 3.28. The second kappa shape index (κ2) is 4.40. The van der Waals surface area contributed by atoms with Crippen molar-refractivity contribution in [3.8, 4) is 11.5 Å². The van der Waals surface area contributed by atoms with Crippen LogP contribution in [0.25, 0.3) is 10.9 Å². The minimum absolute atomic E-state index is 0.175.